The van der Waals surface area contributed by atoms with Crippen LogP contribution in [0.15, 0.2) is 48.5 Å². The third kappa shape index (κ3) is 5.25. The van der Waals surface area contributed by atoms with Crippen molar-refractivity contribution < 1.29 is 17.5 Å². The first-order chi connectivity index (χ1) is 10.9. The Morgan fingerprint density at radius 1 is 1.09 bits per heavy atom. The van der Waals surface area contributed by atoms with E-state index >= 15 is 0 Å². The van der Waals surface area contributed by atoms with Gasteiger partial charge in [0.2, 0.25) is 10.0 Å². The number of ether oxygens (including phenoxy) is 1. The van der Waals surface area contributed by atoms with Crippen molar-refractivity contribution in [3.8, 4) is 5.75 Å². The lowest BCUT2D eigenvalue weighted by Gasteiger charge is -2.15. The van der Waals surface area contributed by atoms with Crippen molar-refractivity contribution in [3.05, 3.63) is 59.9 Å². The molecule has 0 spiro atoms. The van der Waals surface area contributed by atoms with E-state index in [1.165, 1.54) is 6.07 Å². The number of sulfonamides is 1. The number of hydrogen-bond donors (Lipinski definition) is 1. The Morgan fingerprint density at radius 3 is 2.43 bits per heavy atom. The summed E-state index contributed by atoms with van der Waals surface area (Å²) in [5.74, 6) is -0.132. The molecule has 6 heteroatoms. The number of nitrogens with one attached hydrogen (secondary N) is 1. The Balaban J connectivity index is 2.08. The van der Waals surface area contributed by atoms with E-state index in [4.69, 9.17) is 4.74 Å². The molecule has 2 aromatic carbocycles. The molecular weight excluding hydrogens is 317 g/mol. The molecule has 1 N–H and O–H groups in total. The molecule has 0 aromatic heterocycles. The standard InChI is InChI=1S/C17H20FNO3S/c1-13(2)22-17-10-6-5-9-16(17)19-23(20,21)12-11-14-7-3-4-8-15(14)18/h3-10,13,19H,11-12H2,1-2H3. The van der Waals surface area contributed by atoms with Crippen LogP contribution >= 0.6 is 0 Å². The summed E-state index contributed by atoms with van der Waals surface area (Å²) in [7, 11) is -3.60. The maximum Gasteiger partial charge on any atom is 0.233 e. The van der Waals surface area contributed by atoms with Crippen LogP contribution in [0.5, 0.6) is 5.75 Å². The second-order valence-corrected chi connectivity index (χ2v) is 7.27. The number of anilines is 1. The average molecular weight is 337 g/mol. The molecule has 0 saturated carbocycles. The third-order valence-corrected chi connectivity index (χ3v) is 4.39. The zero-order valence-corrected chi connectivity index (χ0v) is 13.9. The van der Waals surface area contributed by atoms with Gasteiger partial charge in [0.25, 0.3) is 0 Å². The molecule has 0 unspecified atom stereocenters. The van der Waals surface area contributed by atoms with Crippen LogP contribution in [0.25, 0.3) is 0 Å². The molecule has 0 saturated heterocycles. The average Bonchev–Trinajstić information content (AvgIpc) is 2.48. The first-order valence-corrected chi connectivity index (χ1v) is 9.02. The summed E-state index contributed by atoms with van der Waals surface area (Å²) in [5.41, 5.74) is 0.763. The van der Waals surface area contributed by atoms with E-state index in [1.54, 1.807) is 42.5 Å². The van der Waals surface area contributed by atoms with Gasteiger partial charge in [0.05, 0.1) is 17.5 Å². The first-order valence-electron chi connectivity index (χ1n) is 7.37. The molecule has 2 rings (SSSR count). The first kappa shape index (κ1) is 17.3. The topological polar surface area (TPSA) is 55.4 Å². The fourth-order valence-electron chi connectivity index (χ4n) is 2.07. The fraction of sp³-hybridized carbons (Fsp3) is 0.294. The lowest BCUT2D eigenvalue weighted by Crippen LogP contribution is -2.19. The minimum Gasteiger partial charge on any atom is -0.489 e. The van der Waals surface area contributed by atoms with Crippen molar-refractivity contribution in [2.45, 2.75) is 26.4 Å². The van der Waals surface area contributed by atoms with Gasteiger partial charge in [-0.1, -0.05) is 30.3 Å². The van der Waals surface area contributed by atoms with Crippen molar-refractivity contribution in [2.24, 2.45) is 0 Å². The zero-order chi connectivity index (χ0) is 16.9. The predicted molar refractivity (Wildman–Crippen MR) is 89.7 cm³/mol. The highest BCUT2D eigenvalue weighted by molar-refractivity contribution is 7.92. The van der Waals surface area contributed by atoms with Gasteiger partial charge in [0, 0.05) is 0 Å². The maximum absolute atomic E-state index is 13.6. The summed E-state index contributed by atoms with van der Waals surface area (Å²) in [6.45, 7) is 3.73. The summed E-state index contributed by atoms with van der Waals surface area (Å²) in [6, 6.07) is 13.0. The molecule has 0 fully saturated rings. The van der Waals surface area contributed by atoms with E-state index < -0.39 is 15.8 Å². The largest absolute Gasteiger partial charge is 0.489 e. The normalized spacial score (nSPS) is 11.5. The quantitative estimate of drug-likeness (QED) is 0.840. The minimum absolute atomic E-state index is 0.0703. The molecule has 0 aliphatic rings. The van der Waals surface area contributed by atoms with Gasteiger partial charge in [-0.25, -0.2) is 12.8 Å². The van der Waals surface area contributed by atoms with E-state index in [9.17, 15) is 12.8 Å². The second-order valence-electron chi connectivity index (χ2n) is 5.43. The summed E-state index contributed by atoms with van der Waals surface area (Å²) >= 11 is 0. The van der Waals surface area contributed by atoms with Crippen LogP contribution in [0.2, 0.25) is 0 Å². The van der Waals surface area contributed by atoms with Crippen LogP contribution in [0, 0.1) is 5.82 Å². The number of benzene rings is 2. The van der Waals surface area contributed by atoms with Gasteiger partial charge >= 0.3 is 0 Å². The summed E-state index contributed by atoms with van der Waals surface area (Å²) < 4.78 is 46.1. The SMILES string of the molecule is CC(C)Oc1ccccc1NS(=O)(=O)CCc1ccccc1F. The molecule has 0 amide bonds. The van der Waals surface area contributed by atoms with Crippen molar-refractivity contribution in [1.82, 2.24) is 0 Å². The molecule has 0 heterocycles. The highest BCUT2D eigenvalue weighted by atomic mass is 32.2. The van der Waals surface area contributed by atoms with Crippen LogP contribution < -0.4 is 9.46 Å². The van der Waals surface area contributed by atoms with E-state index in [0.717, 1.165) is 0 Å². The summed E-state index contributed by atoms with van der Waals surface area (Å²) in [4.78, 5) is 0. The van der Waals surface area contributed by atoms with E-state index in [2.05, 4.69) is 4.72 Å². The number of para-hydroxylation sites is 2. The summed E-state index contributed by atoms with van der Waals surface area (Å²) in [5, 5.41) is 0. The van der Waals surface area contributed by atoms with Crippen LogP contribution in [0.1, 0.15) is 19.4 Å². The molecular formula is C17H20FNO3S. The van der Waals surface area contributed by atoms with Gasteiger partial charge in [-0.2, -0.15) is 0 Å². The Labute approximate surface area is 136 Å². The Bertz CT molecular complexity index is 760. The van der Waals surface area contributed by atoms with Crippen LogP contribution in [-0.2, 0) is 16.4 Å². The molecule has 0 bridgehead atoms. The zero-order valence-electron chi connectivity index (χ0n) is 13.1. The number of rotatable bonds is 7. The molecule has 2 aromatic rings. The molecule has 0 radical (unpaired) electrons. The van der Waals surface area contributed by atoms with Gasteiger partial charge in [-0.15, -0.1) is 0 Å². The maximum atomic E-state index is 13.6. The molecule has 124 valence electrons. The van der Waals surface area contributed by atoms with Crippen molar-refractivity contribution in [2.75, 3.05) is 10.5 Å². The van der Waals surface area contributed by atoms with Gasteiger partial charge in [0.15, 0.2) is 0 Å². The van der Waals surface area contributed by atoms with Crippen LogP contribution in [0.4, 0.5) is 10.1 Å². The highest BCUT2D eigenvalue weighted by Crippen LogP contribution is 2.26. The lowest BCUT2D eigenvalue weighted by atomic mass is 10.2. The van der Waals surface area contributed by atoms with E-state index in [1.807, 2.05) is 13.8 Å². The van der Waals surface area contributed by atoms with Crippen LogP contribution in [-0.4, -0.2) is 20.3 Å². The van der Waals surface area contributed by atoms with Gasteiger partial charge < -0.3 is 4.74 Å². The van der Waals surface area contributed by atoms with Gasteiger partial charge in [-0.05, 0) is 44.0 Å². The molecule has 0 aliphatic heterocycles. The van der Waals surface area contributed by atoms with Crippen molar-refractivity contribution in [1.29, 1.82) is 0 Å². The molecule has 0 aliphatic carbocycles. The van der Waals surface area contributed by atoms with Crippen LogP contribution in [0.3, 0.4) is 0 Å². The highest BCUT2D eigenvalue weighted by Gasteiger charge is 2.15. The van der Waals surface area contributed by atoms with Crippen molar-refractivity contribution >= 4 is 15.7 Å². The minimum atomic E-state index is -3.60. The molecule has 4 nitrogen and oxygen atoms in total. The Hall–Kier alpha value is -2.08. The van der Waals surface area contributed by atoms with E-state index in [0.29, 0.717) is 17.0 Å². The Kier molecular flexibility index (Phi) is 5.60. The number of hydrogen-bond acceptors (Lipinski definition) is 3. The number of aryl methyl sites for hydroxylation is 1. The smallest absolute Gasteiger partial charge is 0.233 e. The van der Waals surface area contributed by atoms with E-state index in [-0.39, 0.29) is 18.3 Å². The number of halogens is 1. The lowest BCUT2D eigenvalue weighted by molar-refractivity contribution is 0.244. The summed E-state index contributed by atoms with van der Waals surface area (Å²) in [6.07, 6.45) is 0.0361. The Morgan fingerprint density at radius 2 is 1.74 bits per heavy atom. The van der Waals surface area contributed by atoms with Gasteiger partial charge in [0.1, 0.15) is 11.6 Å². The van der Waals surface area contributed by atoms with Crippen molar-refractivity contribution in [3.63, 3.8) is 0 Å². The monoisotopic (exact) mass is 337 g/mol. The van der Waals surface area contributed by atoms with Gasteiger partial charge in [-0.3, -0.25) is 4.72 Å². The second kappa shape index (κ2) is 7.46. The molecule has 23 heavy (non-hydrogen) atoms. The molecule has 0 atom stereocenters. The third-order valence-electron chi connectivity index (χ3n) is 3.11. The fourth-order valence-corrected chi connectivity index (χ4v) is 3.17. The predicted octanol–water partition coefficient (Wildman–Crippen LogP) is 3.60.